The van der Waals surface area contributed by atoms with E-state index in [1.165, 1.54) is 11.3 Å². The zero-order valence-corrected chi connectivity index (χ0v) is 10.7. The monoisotopic (exact) mass is 253 g/mol. The van der Waals surface area contributed by atoms with Crippen molar-refractivity contribution >= 4 is 22.4 Å². The van der Waals surface area contributed by atoms with E-state index in [0.29, 0.717) is 12.5 Å². The zero-order valence-electron chi connectivity index (χ0n) is 9.88. The first kappa shape index (κ1) is 13.5. The van der Waals surface area contributed by atoms with Crippen LogP contribution >= 0.6 is 11.3 Å². The van der Waals surface area contributed by atoms with Gasteiger partial charge in [0.25, 0.3) is 0 Å². The summed E-state index contributed by atoms with van der Waals surface area (Å²) in [6.07, 6.45) is 0.0122. The fourth-order valence-corrected chi connectivity index (χ4v) is 2.26. The molecule has 0 aliphatic rings. The molecule has 0 amide bonds. The van der Waals surface area contributed by atoms with Crippen molar-refractivity contribution < 1.29 is 9.90 Å². The summed E-state index contributed by atoms with van der Waals surface area (Å²) in [4.78, 5) is 16.6. The number of carbonyl (C=O) groups is 1. The second kappa shape index (κ2) is 6.21. The maximum atomic E-state index is 10.5. The molecule has 0 aliphatic carbocycles. The van der Waals surface area contributed by atoms with Gasteiger partial charge >= 0.3 is 5.97 Å². The molecule has 1 aromatic rings. The lowest BCUT2D eigenvalue weighted by molar-refractivity contribution is -0.136. The number of thiazole rings is 1. The first-order valence-electron chi connectivity index (χ1n) is 5.33. The minimum absolute atomic E-state index is 0.0122. The fourth-order valence-electron chi connectivity index (χ4n) is 1.24. The number of nitriles is 1. The smallest absolute Gasteiger partial charge is 0.305 e. The predicted octanol–water partition coefficient (Wildman–Crippen LogP) is 2.07. The first-order chi connectivity index (χ1) is 8.04. The molecule has 0 unspecified atom stereocenters. The standard InChI is InChI=1S/C11H15N3O2S/c1-8(2)9-7-17-11(13-9)14(6-4-12)5-3-10(15)16/h7-8H,3,5-6H2,1-2H3,(H,15,16). The highest BCUT2D eigenvalue weighted by molar-refractivity contribution is 7.13. The van der Waals surface area contributed by atoms with E-state index >= 15 is 0 Å². The van der Waals surface area contributed by atoms with Crippen molar-refractivity contribution in [3.63, 3.8) is 0 Å². The summed E-state index contributed by atoms with van der Waals surface area (Å²) in [5, 5.41) is 20.0. The van der Waals surface area contributed by atoms with Crippen LogP contribution in [-0.4, -0.2) is 29.1 Å². The van der Waals surface area contributed by atoms with Crippen molar-refractivity contribution in [2.75, 3.05) is 18.0 Å². The lowest BCUT2D eigenvalue weighted by Crippen LogP contribution is -2.26. The molecule has 6 heteroatoms. The normalized spacial score (nSPS) is 10.2. The number of anilines is 1. The van der Waals surface area contributed by atoms with Gasteiger partial charge in [-0.05, 0) is 5.92 Å². The van der Waals surface area contributed by atoms with Crippen LogP contribution in [0.2, 0.25) is 0 Å². The van der Waals surface area contributed by atoms with Gasteiger partial charge in [0.2, 0.25) is 0 Å². The SMILES string of the molecule is CC(C)c1csc(N(CC#N)CCC(=O)O)n1. The Morgan fingerprint density at radius 1 is 1.71 bits per heavy atom. The average molecular weight is 253 g/mol. The molecule has 0 saturated heterocycles. The summed E-state index contributed by atoms with van der Waals surface area (Å²) in [5.41, 5.74) is 0.975. The highest BCUT2D eigenvalue weighted by Gasteiger charge is 2.13. The number of carboxylic acid groups (broad SMARTS) is 1. The molecule has 0 atom stereocenters. The van der Waals surface area contributed by atoms with E-state index in [2.05, 4.69) is 4.98 Å². The van der Waals surface area contributed by atoms with Gasteiger partial charge in [0.1, 0.15) is 6.54 Å². The Kier molecular flexibility index (Phi) is 4.91. The third kappa shape index (κ3) is 4.04. The van der Waals surface area contributed by atoms with Crippen LogP contribution in [0.4, 0.5) is 5.13 Å². The summed E-state index contributed by atoms with van der Waals surface area (Å²) in [6.45, 7) is 4.57. The number of nitrogens with zero attached hydrogens (tertiary/aromatic N) is 3. The molecule has 0 aliphatic heterocycles. The molecule has 1 aromatic heterocycles. The minimum atomic E-state index is -0.867. The highest BCUT2D eigenvalue weighted by atomic mass is 32.1. The minimum Gasteiger partial charge on any atom is -0.481 e. The molecule has 0 aromatic carbocycles. The molecule has 5 nitrogen and oxygen atoms in total. The Bertz CT molecular complexity index is 423. The summed E-state index contributed by atoms with van der Waals surface area (Å²) in [5.74, 6) is -0.531. The van der Waals surface area contributed by atoms with E-state index in [0.717, 1.165) is 10.8 Å². The van der Waals surface area contributed by atoms with E-state index in [4.69, 9.17) is 10.4 Å². The predicted molar refractivity (Wildman–Crippen MR) is 66.3 cm³/mol. The van der Waals surface area contributed by atoms with Crippen molar-refractivity contribution in [1.82, 2.24) is 4.98 Å². The molecule has 0 spiro atoms. The highest BCUT2D eigenvalue weighted by Crippen LogP contribution is 2.24. The second-order valence-corrected chi connectivity index (χ2v) is 4.77. The topological polar surface area (TPSA) is 77.2 Å². The van der Waals surface area contributed by atoms with E-state index in [1.807, 2.05) is 25.3 Å². The molecule has 1 rings (SSSR count). The molecule has 92 valence electrons. The third-order valence-corrected chi connectivity index (χ3v) is 3.15. The quantitative estimate of drug-likeness (QED) is 0.785. The lowest BCUT2D eigenvalue weighted by atomic mass is 10.2. The summed E-state index contributed by atoms with van der Waals surface area (Å²) < 4.78 is 0. The molecule has 17 heavy (non-hydrogen) atoms. The Labute approximate surface area is 104 Å². The van der Waals surface area contributed by atoms with Crippen LogP contribution in [0.3, 0.4) is 0 Å². The van der Waals surface area contributed by atoms with E-state index in [9.17, 15) is 4.79 Å². The molecular formula is C11H15N3O2S. The Hall–Kier alpha value is -1.61. The van der Waals surface area contributed by atoms with E-state index in [-0.39, 0.29) is 13.0 Å². The molecule has 0 saturated carbocycles. The van der Waals surface area contributed by atoms with Crippen molar-refractivity contribution in [2.45, 2.75) is 26.2 Å². The van der Waals surface area contributed by atoms with Crippen LogP contribution in [-0.2, 0) is 4.79 Å². The number of aromatic nitrogens is 1. The van der Waals surface area contributed by atoms with Gasteiger partial charge in [-0.15, -0.1) is 11.3 Å². The van der Waals surface area contributed by atoms with Crippen molar-refractivity contribution in [2.24, 2.45) is 0 Å². The number of hydrogen-bond donors (Lipinski definition) is 1. The van der Waals surface area contributed by atoms with Crippen molar-refractivity contribution in [3.8, 4) is 6.07 Å². The first-order valence-corrected chi connectivity index (χ1v) is 6.21. The zero-order chi connectivity index (χ0) is 12.8. The fraction of sp³-hybridized carbons (Fsp3) is 0.545. The summed E-state index contributed by atoms with van der Waals surface area (Å²) in [7, 11) is 0. The van der Waals surface area contributed by atoms with Crippen LogP contribution in [0.15, 0.2) is 5.38 Å². The van der Waals surface area contributed by atoms with Gasteiger partial charge < -0.3 is 10.0 Å². The molecule has 0 radical (unpaired) electrons. The number of aliphatic carboxylic acids is 1. The number of carboxylic acids is 1. The Morgan fingerprint density at radius 2 is 2.41 bits per heavy atom. The molecule has 0 fully saturated rings. The maximum absolute atomic E-state index is 10.5. The average Bonchev–Trinajstić information content (AvgIpc) is 2.73. The lowest BCUT2D eigenvalue weighted by Gasteiger charge is -2.16. The Morgan fingerprint density at radius 3 is 2.88 bits per heavy atom. The number of rotatable bonds is 6. The van der Waals surface area contributed by atoms with Crippen LogP contribution in [0.25, 0.3) is 0 Å². The van der Waals surface area contributed by atoms with Gasteiger partial charge in [0.05, 0.1) is 18.2 Å². The van der Waals surface area contributed by atoms with Gasteiger partial charge in [-0.25, -0.2) is 4.98 Å². The molecule has 1 N–H and O–H groups in total. The molecule has 1 heterocycles. The molecular weight excluding hydrogens is 238 g/mol. The van der Waals surface area contributed by atoms with Crippen LogP contribution in [0.1, 0.15) is 31.9 Å². The van der Waals surface area contributed by atoms with Crippen molar-refractivity contribution in [3.05, 3.63) is 11.1 Å². The van der Waals surface area contributed by atoms with E-state index in [1.54, 1.807) is 4.90 Å². The largest absolute Gasteiger partial charge is 0.481 e. The maximum Gasteiger partial charge on any atom is 0.305 e. The second-order valence-electron chi connectivity index (χ2n) is 3.93. The van der Waals surface area contributed by atoms with Gasteiger partial charge in [-0.2, -0.15) is 5.26 Å². The molecule has 0 bridgehead atoms. The van der Waals surface area contributed by atoms with Gasteiger partial charge in [-0.1, -0.05) is 13.8 Å². The van der Waals surface area contributed by atoms with Crippen LogP contribution in [0.5, 0.6) is 0 Å². The summed E-state index contributed by atoms with van der Waals surface area (Å²) >= 11 is 1.45. The Balaban J connectivity index is 2.75. The van der Waals surface area contributed by atoms with Crippen LogP contribution in [0, 0.1) is 11.3 Å². The summed E-state index contributed by atoms with van der Waals surface area (Å²) in [6, 6.07) is 2.03. The van der Waals surface area contributed by atoms with Gasteiger partial charge in [-0.3, -0.25) is 4.79 Å². The van der Waals surface area contributed by atoms with E-state index < -0.39 is 5.97 Å². The van der Waals surface area contributed by atoms with Crippen LogP contribution < -0.4 is 4.90 Å². The van der Waals surface area contributed by atoms with Crippen molar-refractivity contribution in [1.29, 1.82) is 5.26 Å². The van der Waals surface area contributed by atoms with Gasteiger partial charge in [0, 0.05) is 11.9 Å². The van der Waals surface area contributed by atoms with Gasteiger partial charge in [0.15, 0.2) is 5.13 Å². The number of hydrogen-bond acceptors (Lipinski definition) is 5. The third-order valence-electron chi connectivity index (χ3n) is 2.23.